The minimum absolute atomic E-state index is 0.105. The van der Waals surface area contributed by atoms with Crippen LogP contribution in [0.15, 0.2) is 0 Å². The van der Waals surface area contributed by atoms with Crippen LogP contribution in [0.1, 0.15) is 362 Å². The van der Waals surface area contributed by atoms with Gasteiger partial charge in [-0.1, -0.05) is 311 Å². The third-order valence-corrected chi connectivity index (χ3v) is 18.2. The summed E-state index contributed by atoms with van der Waals surface area (Å²) in [6.07, 6.45) is 50.2. The highest BCUT2D eigenvalue weighted by molar-refractivity contribution is 7.47. The molecule has 0 aromatic carbocycles. The van der Waals surface area contributed by atoms with E-state index in [1.54, 1.807) is 0 Å². The smallest absolute Gasteiger partial charge is 0.462 e. The number of hydrogen-bond donors (Lipinski definition) is 3. The first kappa shape index (κ1) is 87.1. The van der Waals surface area contributed by atoms with Crippen molar-refractivity contribution in [3.05, 3.63) is 0 Å². The third kappa shape index (κ3) is 64.6. The average Bonchev–Trinajstić information content (AvgIpc) is 3.59. The van der Waals surface area contributed by atoms with Crippen LogP contribution in [0.2, 0.25) is 0 Å². The molecule has 0 aromatic rings. The van der Waals surface area contributed by atoms with Gasteiger partial charge >= 0.3 is 39.5 Å². The fourth-order valence-electron chi connectivity index (χ4n) is 10.6. The Morgan fingerprint density at radius 3 is 0.764 bits per heavy atom. The van der Waals surface area contributed by atoms with E-state index in [2.05, 4.69) is 34.6 Å². The molecule has 5 atom stereocenters. The Kier molecular flexibility index (Phi) is 62.1. The van der Waals surface area contributed by atoms with Gasteiger partial charge in [0.05, 0.1) is 26.4 Å². The predicted molar refractivity (Wildman–Crippen MR) is 358 cm³/mol. The number of ether oxygens (including phenoxy) is 4. The first-order valence-electron chi connectivity index (χ1n) is 36.6. The van der Waals surface area contributed by atoms with E-state index in [0.717, 1.165) is 115 Å². The fourth-order valence-corrected chi connectivity index (χ4v) is 12.2. The van der Waals surface area contributed by atoms with Crippen molar-refractivity contribution in [2.75, 3.05) is 39.6 Å². The van der Waals surface area contributed by atoms with E-state index in [1.165, 1.54) is 167 Å². The highest BCUT2D eigenvalue weighted by atomic mass is 31.2. The van der Waals surface area contributed by atoms with Crippen molar-refractivity contribution < 1.29 is 80.2 Å². The van der Waals surface area contributed by atoms with E-state index in [1.807, 2.05) is 0 Å². The molecule has 19 heteroatoms. The molecule has 528 valence electrons. The zero-order valence-electron chi connectivity index (χ0n) is 57.6. The van der Waals surface area contributed by atoms with Gasteiger partial charge in [0.2, 0.25) is 0 Å². The third-order valence-electron chi connectivity index (χ3n) is 16.3. The van der Waals surface area contributed by atoms with Gasteiger partial charge < -0.3 is 33.8 Å². The second-order valence-electron chi connectivity index (χ2n) is 25.7. The summed E-state index contributed by atoms with van der Waals surface area (Å²) in [7, 11) is -9.89. The summed E-state index contributed by atoms with van der Waals surface area (Å²) in [5.41, 5.74) is 0. The molecule has 3 N–H and O–H groups in total. The van der Waals surface area contributed by atoms with E-state index < -0.39 is 97.5 Å². The molecule has 0 saturated heterocycles. The largest absolute Gasteiger partial charge is 0.472 e. The summed E-state index contributed by atoms with van der Waals surface area (Å²) < 4.78 is 68.1. The maximum Gasteiger partial charge on any atom is 0.472 e. The lowest BCUT2D eigenvalue weighted by molar-refractivity contribution is -0.161. The monoisotopic (exact) mass is 1310 g/mol. The van der Waals surface area contributed by atoms with Crippen LogP contribution < -0.4 is 0 Å². The number of carbonyl (C=O) groups is 4. The maximum absolute atomic E-state index is 13.0. The van der Waals surface area contributed by atoms with E-state index >= 15 is 0 Å². The number of rotatable bonds is 70. The summed E-state index contributed by atoms with van der Waals surface area (Å²) >= 11 is 0. The van der Waals surface area contributed by atoms with Crippen LogP contribution in [0.5, 0.6) is 0 Å². The van der Waals surface area contributed by atoms with Gasteiger partial charge in [0.25, 0.3) is 0 Å². The molecule has 0 saturated carbocycles. The minimum atomic E-state index is -4.95. The van der Waals surface area contributed by atoms with Crippen LogP contribution in [-0.2, 0) is 65.4 Å². The zero-order valence-corrected chi connectivity index (χ0v) is 59.4. The molecule has 0 radical (unpaired) electrons. The SMILES string of the molecule is CCCCCCCCCCCCCCCCCCCC(=O)OC[C@H](COP(=O)(O)OC[C@@H](O)COP(=O)(O)OC[C@@H](COC(=O)CCCCCCCCC)OC(=O)CCCCCCCCCC)OC(=O)CCCCCCCCCCCCCCCCC(C)C. The number of carbonyl (C=O) groups excluding carboxylic acids is 4. The van der Waals surface area contributed by atoms with Crippen molar-refractivity contribution in [3.63, 3.8) is 0 Å². The number of aliphatic hydroxyl groups excluding tert-OH is 1. The molecule has 0 aliphatic heterocycles. The van der Waals surface area contributed by atoms with Crippen LogP contribution in [0, 0.1) is 5.92 Å². The Morgan fingerprint density at radius 2 is 0.517 bits per heavy atom. The van der Waals surface area contributed by atoms with E-state index in [-0.39, 0.29) is 25.7 Å². The van der Waals surface area contributed by atoms with Crippen LogP contribution in [-0.4, -0.2) is 96.7 Å². The maximum atomic E-state index is 13.0. The number of hydrogen-bond acceptors (Lipinski definition) is 15. The Bertz CT molecular complexity index is 1720. The molecule has 0 fully saturated rings. The summed E-state index contributed by atoms with van der Waals surface area (Å²) in [6.45, 7) is 7.20. The van der Waals surface area contributed by atoms with Crippen molar-refractivity contribution in [3.8, 4) is 0 Å². The molecule has 0 heterocycles. The molecule has 17 nitrogen and oxygen atoms in total. The molecule has 0 spiro atoms. The van der Waals surface area contributed by atoms with Gasteiger partial charge in [-0.25, -0.2) is 9.13 Å². The van der Waals surface area contributed by atoms with E-state index in [9.17, 15) is 43.2 Å². The van der Waals surface area contributed by atoms with Gasteiger partial charge in [0.1, 0.15) is 19.3 Å². The molecule has 0 aliphatic carbocycles. The zero-order chi connectivity index (χ0) is 65.6. The molecule has 2 unspecified atom stereocenters. The fraction of sp³-hybridized carbons (Fsp3) is 0.943. The first-order chi connectivity index (χ1) is 43.0. The normalized spacial score (nSPS) is 14.1. The molecule has 0 amide bonds. The second kappa shape index (κ2) is 63.5. The topological polar surface area (TPSA) is 237 Å². The molecule has 0 aliphatic rings. The number of esters is 4. The lowest BCUT2D eigenvalue weighted by Gasteiger charge is -2.21. The summed E-state index contributed by atoms with van der Waals surface area (Å²) in [5.74, 6) is -1.33. The number of unbranched alkanes of at least 4 members (excludes halogenated alkanes) is 42. The van der Waals surface area contributed by atoms with Crippen LogP contribution in [0.25, 0.3) is 0 Å². The quantitative estimate of drug-likeness (QED) is 0.0222. The average molecular weight is 1310 g/mol. The molecular formula is C70H136O17P2. The Balaban J connectivity index is 5.16. The standard InChI is InChI=1S/C70H136O17P2/c1-6-9-12-15-18-20-21-22-23-24-25-29-32-35-40-44-49-54-68(73)81-60-66(87-70(75)56-51-46-41-36-33-30-27-26-28-31-34-38-42-47-52-63(4)5)62-85-89(78,79)83-58-64(71)57-82-88(76,77)84-61-65(59-80-67(72)53-48-43-37-17-14-11-8-3)86-69(74)55-50-45-39-19-16-13-10-7-2/h63-66,71H,6-62H2,1-5H3,(H,76,77)(H,78,79)/t64-,65+,66+/m0/s1. The molecule has 0 bridgehead atoms. The molecular weight excluding hydrogens is 1170 g/mol. The van der Waals surface area contributed by atoms with E-state index in [0.29, 0.717) is 25.7 Å². The lowest BCUT2D eigenvalue weighted by atomic mass is 10.0. The summed E-state index contributed by atoms with van der Waals surface area (Å²) in [5, 5.41) is 10.6. The summed E-state index contributed by atoms with van der Waals surface area (Å²) in [6, 6.07) is 0. The number of aliphatic hydroxyl groups is 1. The van der Waals surface area contributed by atoms with Crippen LogP contribution in [0.4, 0.5) is 0 Å². The highest BCUT2D eigenvalue weighted by Crippen LogP contribution is 2.45. The van der Waals surface area contributed by atoms with Gasteiger partial charge in [-0.2, -0.15) is 0 Å². The van der Waals surface area contributed by atoms with Crippen LogP contribution >= 0.6 is 15.6 Å². The Labute approximate surface area is 543 Å². The van der Waals surface area contributed by atoms with Gasteiger partial charge in [0, 0.05) is 25.7 Å². The minimum Gasteiger partial charge on any atom is -0.462 e. The molecule has 89 heavy (non-hydrogen) atoms. The van der Waals surface area contributed by atoms with Crippen molar-refractivity contribution in [1.82, 2.24) is 0 Å². The highest BCUT2D eigenvalue weighted by Gasteiger charge is 2.30. The van der Waals surface area contributed by atoms with E-state index in [4.69, 9.17) is 37.0 Å². The van der Waals surface area contributed by atoms with Gasteiger partial charge in [-0.05, 0) is 31.6 Å². The van der Waals surface area contributed by atoms with Gasteiger partial charge in [-0.3, -0.25) is 37.3 Å². The summed E-state index contributed by atoms with van der Waals surface area (Å²) in [4.78, 5) is 72.3. The first-order valence-corrected chi connectivity index (χ1v) is 39.6. The predicted octanol–water partition coefficient (Wildman–Crippen LogP) is 20.1. The van der Waals surface area contributed by atoms with Crippen molar-refractivity contribution in [2.45, 2.75) is 380 Å². The Morgan fingerprint density at radius 1 is 0.303 bits per heavy atom. The Hall–Kier alpha value is -1.94. The molecule has 0 aromatic heterocycles. The lowest BCUT2D eigenvalue weighted by Crippen LogP contribution is -2.30. The second-order valence-corrected chi connectivity index (χ2v) is 28.7. The van der Waals surface area contributed by atoms with Gasteiger partial charge in [0.15, 0.2) is 12.2 Å². The van der Waals surface area contributed by atoms with Gasteiger partial charge in [-0.15, -0.1) is 0 Å². The number of phosphoric ester groups is 2. The van der Waals surface area contributed by atoms with Crippen molar-refractivity contribution in [1.29, 1.82) is 0 Å². The molecule has 0 rings (SSSR count). The van der Waals surface area contributed by atoms with Crippen molar-refractivity contribution in [2.24, 2.45) is 5.92 Å². The number of phosphoric acid groups is 2. The van der Waals surface area contributed by atoms with Crippen LogP contribution in [0.3, 0.4) is 0 Å². The van der Waals surface area contributed by atoms with Crippen molar-refractivity contribution >= 4 is 39.5 Å².